The van der Waals surface area contributed by atoms with Gasteiger partial charge in [-0.15, -0.1) is 0 Å². The molecular formula is C9H17N3S. The topological polar surface area (TPSA) is 33.6 Å². The maximum absolute atomic E-state index is 5.15. The molecule has 74 valence electrons. The molecule has 0 aliphatic carbocycles. The summed E-state index contributed by atoms with van der Waals surface area (Å²) in [5, 5.41) is 7.06. The van der Waals surface area contributed by atoms with Crippen molar-refractivity contribution in [3.8, 4) is 0 Å². The highest BCUT2D eigenvalue weighted by molar-refractivity contribution is 7.71. The van der Waals surface area contributed by atoms with Crippen LogP contribution in [0.5, 0.6) is 0 Å². The van der Waals surface area contributed by atoms with Gasteiger partial charge in [0.05, 0.1) is 0 Å². The van der Waals surface area contributed by atoms with Gasteiger partial charge in [-0.1, -0.05) is 13.8 Å². The van der Waals surface area contributed by atoms with Crippen LogP contribution in [0.4, 0.5) is 0 Å². The number of H-pyrrole nitrogens is 1. The van der Waals surface area contributed by atoms with Gasteiger partial charge in [-0.25, -0.2) is 0 Å². The second-order valence-corrected chi connectivity index (χ2v) is 4.39. The molecule has 13 heavy (non-hydrogen) atoms. The summed E-state index contributed by atoms with van der Waals surface area (Å²) < 4.78 is 2.81. The van der Waals surface area contributed by atoms with Gasteiger partial charge in [0.2, 0.25) is 0 Å². The lowest BCUT2D eigenvalue weighted by molar-refractivity contribution is 0.525. The van der Waals surface area contributed by atoms with Crippen molar-refractivity contribution < 1.29 is 0 Å². The highest BCUT2D eigenvalue weighted by Crippen LogP contribution is 2.11. The summed E-state index contributed by atoms with van der Waals surface area (Å²) in [4.78, 5) is 0. The molecule has 3 nitrogen and oxygen atoms in total. The van der Waals surface area contributed by atoms with Crippen molar-refractivity contribution in [2.45, 2.75) is 40.2 Å². The average Bonchev–Trinajstić information content (AvgIpc) is 2.30. The normalized spacial score (nSPS) is 11.5. The molecule has 1 aromatic rings. The van der Waals surface area contributed by atoms with Crippen LogP contribution < -0.4 is 0 Å². The minimum absolute atomic E-state index is 0.389. The molecule has 0 unspecified atom stereocenters. The first-order chi connectivity index (χ1) is 6.02. The maximum Gasteiger partial charge on any atom is 0.195 e. The standard InChI is InChI=1S/C9H17N3S/c1-6(2)5-8-10-11-9(13)12(8)7(3)4/h6-7H,5H2,1-4H3,(H,11,13). The van der Waals surface area contributed by atoms with Crippen molar-refractivity contribution in [3.63, 3.8) is 0 Å². The Kier molecular flexibility index (Phi) is 3.25. The number of rotatable bonds is 3. The zero-order chi connectivity index (χ0) is 10.0. The molecule has 4 heteroatoms. The second kappa shape index (κ2) is 4.05. The molecule has 1 aromatic heterocycles. The highest BCUT2D eigenvalue weighted by atomic mass is 32.1. The molecule has 0 bridgehead atoms. The number of hydrogen-bond donors (Lipinski definition) is 1. The second-order valence-electron chi connectivity index (χ2n) is 4.01. The fourth-order valence-electron chi connectivity index (χ4n) is 1.38. The summed E-state index contributed by atoms with van der Waals surface area (Å²) in [7, 11) is 0. The van der Waals surface area contributed by atoms with Crippen molar-refractivity contribution >= 4 is 12.2 Å². The molecule has 0 saturated carbocycles. The monoisotopic (exact) mass is 199 g/mol. The van der Waals surface area contributed by atoms with Gasteiger partial charge in [0, 0.05) is 12.5 Å². The van der Waals surface area contributed by atoms with E-state index in [2.05, 4.69) is 42.5 Å². The fraction of sp³-hybridized carbons (Fsp3) is 0.778. The summed E-state index contributed by atoms with van der Waals surface area (Å²) in [5.41, 5.74) is 0. The van der Waals surface area contributed by atoms with E-state index in [1.165, 1.54) is 0 Å². The van der Waals surface area contributed by atoms with Crippen LogP contribution in [0.3, 0.4) is 0 Å². The Morgan fingerprint density at radius 3 is 2.46 bits per heavy atom. The molecule has 0 saturated heterocycles. The molecule has 0 amide bonds. The van der Waals surface area contributed by atoms with E-state index in [1.54, 1.807) is 0 Å². The Morgan fingerprint density at radius 1 is 1.38 bits per heavy atom. The van der Waals surface area contributed by atoms with E-state index in [1.807, 2.05) is 0 Å². The van der Waals surface area contributed by atoms with Crippen LogP contribution in [0.15, 0.2) is 0 Å². The van der Waals surface area contributed by atoms with E-state index < -0.39 is 0 Å². The lowest BCUT2D eigenvalue weighted by Crippen LogP contribution is -2.09. The molecular weight excluding hydrogens is 182 g/mol. The molecule has 0 aromatic carbocycles. The Labute approximate surface area is 84.2 Å². The van der Waals surface area contributed by atoms with Gasteiger partial charge in [0.1, 0.15) is 5.82 Å². The first kappa shape index (κ1) is 10.4. The number of nitrogens with zero attached hydrogens (tertiary/aromatic N) is 2. The maximum atomic E-state index is 5.15. The van der Waals surface area contributed by atoms with E-state index in [0.717, 1.165) is 17.0 Å². The summed E-state index contributed by atoms with van der Waals surface area (Å²) in [6.45, 7) is 8.61. The van der Waals surface area contributed by atoms with Crippen molar-refractivity contribution in [3.05, 3.63) is 10.6 Å². The van der Waals surface area contributed by atoms with Gasteiger partial charge in [-0.05, 0) is 32.0 Å². The first-order valence-corrected chi connectivity index (χ1v) is 5.09. The quantitative estimate of drug-likeness (QED) is 0.759. The number of aromatic nitrogens is 3. The Morgan fingerprint density at radius 2 is 2.00 bits per heavy atom. The van der Waals surface area contributed by atoms with E-state index in [-0.39, 0.29) is 0 Å². The average molecular weight is 199 g/mol. The van der Waals surface area contributed by atoms with Crippen LogP contribution in [-0.2, 0) is 6.42 Å². The highest BCUT2D eigenvalue weighted by Gasteiger charge is 2.09. The minimum atomic E-state index is 0.389. The summed E-state index contributed by atoms with van der Waals surface area (Å²) in [6, 6.07) is 0.389. The number of aromatic amines is 1. The van der Waals surface area contributed by atoms with Crippen LogP contribution in [0.1, 0.15) is 39.6 Å². The smallest absolute Gasteiger partial charge is 0.195 e. The first-order valence-electron chi connectivity index (χ1n) is 4.68. The van der Waals surface area contributed by atoms with Crippen LogP contribution in [-0.4, -0.2) is 14.8 Å². The van der Waals surface area contributed by atoms with Crippen molar-refractivity contribution in [2.24, 2.45) is 5.92 Å². The van der Waals surface area contributed by atoms with Gasteiger partial charge in [0.25, 0.3) is 0 Å². The van der Waals surface area contributed by atoms with E-state index in [0.29, 0.717) is 12.0 Å². The molecule has 0 aliphatic heterocycles. The van der Waals surface area contributed by atoms with Crippen molar-refractivity contribution in [1.82, 2.24) is 14.8 Å². The molecule has 1 heterocycles. The van der Waals surface area contributed by atoms with Crippen molar-refractivity contribution in [2.75, 3.05) is 0 Å². The molecule has 0 fully saturated rings. The lowest BCUT2D eigenvalue weighted by Gasteiger charge is -2.11. The summed E-state index contributed by atoms with van der Waals surface area (Å²) >= 11 is 5.15. The molecule has 1 rings (SSSR count). The molecule has 0 radical (unpaired) electrons. The fourth-order valence-corrected chi connectivity index (χ4v) is 1.74. The Balaban J connectivity index is 3.01. The van der Waals surface area contributed by atoms with E-state index >= 15 is 0 Å². The van der Waals surface area contributed by atoms with Crippen LogP contribution >= 0.6 is 12.2 Å². The third-order valence-corrected chi connectivity index (χ3v) is 2.17. The number of hydrogen-bond acceptors (Lipinski definition) is 2. The molecule has 1 N–H and O–H groups in total. The largest absolute Gasteiger partial charge is 0.302 e. The zero-order valence-corrected chi connectivity index (χ0v) is 9.48. The molecule has 0 aliphatic rings. The third kappa shape index (κ3) is 2.40. The predicted molar refractivity (Wildman–Crippen MR) is 56.3 cm³/mol. The van der Waals surface area contributed by atoms with Gasteiger partial charge >= 0.3 is 0 Å². The van der Waals surface area contributed by atoms with Crippen LogP contribution in [0, 0.1) is 10.7 Å². The van der Waals surface area contributed by atoms with Crippen LogP contribution in [0.25, 0.3) is 0 Å². The summed E-state index contributed by atoms with van der Waals surface area (Å²) in [5.74, 6) is 1.68. The summed E-state index contributed by atoms with van der Waals surface area (Å²) in [6.07, 6.45) is 0.978. The van der Waals surface area contributed by atoms with Gasteiger partial charge in [-0.2, -0.15) is 5.10 Å². The SMILES string of the molecule is CC(C)Cc1n[nH]c(=S)n1C(C)C. The number of nitrogens with one attached hydrogen (secondary N) is 1. The van der Waals surface area contributed by atoms with E-state index in [4.69, 9.17) is 12.2 Å². The Bertz CT molecular complexity index is 322. The van der Waals surface area contributed by atoms with E-state index in [9.17, 15) is 0 Å². The lowest BCUT2D eigenvalue weighted by atomic mass is 10.1. The third-order valence-electron chi connectivity index (χ3n) is 1.88. The van der Waals surface area contributed by atoms with Gasteiger partial charge < -0.3 is 4.57 Å². The van der Waals surface area contributed by atoms with Gasteiger partial charge in [-0.3, -0.25) is 5.10 Å². The Hall–Kier alpha value is -0.640. The zero-order valence-electron chi connectivity index (χ0n) is 8.66. The molecule has 0 atom stereocenters. The predicted octanol–water partition coefficient (Wildman–Crippen LogP) is 2.72. The van der Waals surface area contributed by atoms with Crippen LogP contribution in [0.2, 0.25) is 0 Å². The minimum Gasteiger partial charge on any atom is -0.302 e. The molecule has 0 spiro atoms. The van der Waals surface area contributed by atoms with Gasteiger partial charge in [0.15, 0.2) is 4.77 Å². The van der Waals surface area contributed by atoms with Crippen molar-refractivity contribution in [1.29, 1.82) is 0 Å².